The summed E-state index contributed by atoms with van der Waals surface area (Å²) in [5.41, 5.74) is 4.47. The molecule has 2 aromatic carbocycles. The highest BCUT2D eigenvalue weighted by atomic mass is 16.5. The van der Waals surface area contributed by atoms with Crippen LogP contribution in [0.5, 0.6) is 0 Å². The Hall–Kier alpha value is -3.39. The molecule has 0 saturated carbocycles. The predicted octanol–water partition coefficient (Wildman–Crippen LogP) is 2.86. The van der Waals surface area contributed by atoms with Crippen LogP contribution in [0.3, 0.4) is 0 Å². The normalized spacial score (nSPS) is 18.2. The van der Waals surface area contributed by atoms with E-state index in [2.05, 4.69) is 17.4 Å². The minimum atomic E-state index is -0.946. The number of amides is 2. The smallest absolute Gasteiger partial charge is 0.407 e. The van der Waals surface area contributed by atoms with E-state index in [4.69, 9.17) is 9.47 Å². The van der Waals surface area contributed by atoms with Gasteiger partial charge in [0.1, 0.15) is 12.6 Å². The lowest BCUT2D eigenvalue weighted by Gasteiger charge is -2.33. The Morgan fingerprint density at radius 3 is 2.33 bits per heavy atom. The lowest BCUT2D eigenvalue weighted by atomic mass is 9.98. The van der Waals surface area contributed by atoms with E-state index < -0.39 is 24.0 Å². The quantitative estimate of drug-likeness (QED) is 0.669. The maximum atomic E-state index is 13.0. The van der Waals surface area contributed by atoms with Gasteiger partial charge in [0, 0.05) is 26.1 Å². The third-order valence-corrected chi connectivity index (χ3v) is 6.35. The predicted molar refractivity (Wildman–Crippen MR) is 121 cm³/mol. The van der Waals surface area contributed by atoms with Crippen molar-refractivity contribution >= 4 is 18.0 Å². The van der Waals surface area contributed by atoms with E-state index >= 15 is 0 Å². The Kier molecular flexibility index (Phi) is 6.93. The van der Waals surface area contributed by atoms with Gasteiger partial charge in [-0.2, -0.15) is 0 Å². The van der Waals surface area contributed by atoms with Crippen LogP contribution in [-0.4, -0.2) is 67.4 Å². The van der Waals surface area contributed by atoms with Gasteiger partial charge in [0.2, 0.25) is 5.91 Å². The molecule has 2 amide bonds. The molecule has 0 radical (unpaired) electrons. The second-order valence-corrected chi connectivity index (χ2v) is 8.44. The summed E-state index contributed by atoms with van der Waals surface area (Å²) in [6.07, 6.45) is 0.431. The number of likely N-dealkylation sites (tertiary alicyclic amines) is 1. The van der Waals surface area contributed by atoms with Crippen molar-refractivity contribution in [2.75, 3.05) is 33.4 Å². The first-order chi connectivity index (χ1) is 16.0. The van der Waals surface area contributed by atoms with Crippen molar-refractivity contribution in [1.29, 1.82) is 0 Å². The molecule has 2 atom stereocenters. The number of fused-ring (bicyclic) bond motifs is 3. The number of nitrogens with one attached hydrogen (secondary N) is 1. The van der Waals surface area contributed by atoms with Crippen LogP contribution in [0, 0.1) is 5.92 Å². The van der Waals surface area contributed by atoms with Crippen molar-refractivity contribution in [3.8, 4) is 11.1 Å². The second-order valence-electron chi connectivity index (χ2n) is 8.44. The number of hydrogen-bond acceptors (Lipinski definition) is 5. The molecule has 33 heavy (non-hydrogen) atoms. The van der Waals surface area contributed by atoms with Gasteiger partial charge in [-0.3, -0.25) is 9.59 Å². The maximum absolute atomic E-state index is 13.0. The molecule has 4 rings (SSSR count). The first-order valence-electron chi connectivity index (χ1n) is 11.1. The number of benzene rings is 2. The van der Waals surface area contributed by atoms with Crippen molar-refractivity contribution in [3.63, 3.8) is 0 Å². The van der Waals surface area contributed by atoms with Crippen molar-refractivity contribution in [3.05, 3.63) is 59.7 Å². The average Bonchev–Trinajstić information content (AvgIpc) is 3.16. The first-order valence-corrected chi connectivity index (χ1v) is 11.1. The summed E-state index contributed by atoms with van der Waals surface area (Å²) in [4.78, 5) is 38.4. The number of alkyl carbamates (subject to hydrolysis) is 1. The topological polar surface area (TPSA) is 105 Å². The van der Waals surface area contributed by atoms with Crippen LogP contribution in [0.15, 0.2) is 48.5 Å². The Labute approximate surface area is 192 Å². The van der Waals surface area contributed by atoms with Crippen molar-refractivity contribution in [2.24, 2.45) is 5.92 Å². The minimum Gasteiger partial charge on any atom is -0.481 e. The molecule has 8 nitrogen and oxygen atoms in total. The van der Waals surface area contributed by atoms with Crippen LogP contribution in [0.25, 0.3) is 11.1 Å². The van der Waals surface area contributed by atoms with Gasteiger partial charge >= 0.3 is 12.1 Å². The fraction of sp³-hybridized carbons (Fsp3) is 0.400. The van der Waals surface area contributed by atoms with Crippen LogP contribution >= 0.6 is 0 Å². The van der Waals surface area contributed by atoms with Crippen LogP contribution in [0.2, 0.25) is 0 Å². The summed E-state index contributed by atoms with van der Waals surface area (Å²) in [6, 6.07) is 15.2. The summed E-state index contributed by atoms with van der Waals surface area (Å²) < 4.78 is 10.7. The number of hydrogen-bond donors (Lipinski definition) is 2. The molecule has 8 heteroatoms. The standard InChI is InChI=1S/C25H28N2O6/c1-32-15-22(23(28)27-12-6-7-16(13-27)24(29)30)26-25(31)33-14-21-19-10-4-2-8-17(19)18-9-3-5-11-20(18)21/h2-5,8-11,16,21-22H,6-7,12-15H2,1H3,(H,26,31)(H,29,30)/t16-,22-/m0/s1. The van der Waals surface area contributed by atoms with E-state index in [1.165, 1.54) is 12.0 Å². The van der Waals surface area contributed by atoms with E-state index in [9.17, 15) is 19.5 Å². The number of nitrogens with zero attached hydrogens (tertiary/aromatic N) is 1. The highest BCUT2D eigenvalue weighted by molar-refractivity contribution is 5.86. The molecule has 1 aliphatic heterocycles. The van der Waals surface area contributed by atoms with Gasteiger partial charge in [0.25, 0.3) is 0 Å². The summed E-state index contributed by atoms with van der Waals surface area (Å²) >= 11 is 0. The van der Waals surface area contributed by atoms with Crippen LogP contribution in [0.1, 0.15) is 29.9 Å². The zero-order valence-electron chi connectivity index (χ0n) is 18.5. The lowest BCUT2D eigenvalue weighted by molar-refractivity contribution is -0.146. The number of carboxylic acids is 1. The number of carbonyl (C=O) groups excluding carboxylic acids is 2. The van der Waals surface area contributed by atoms with E-state index in [0.717, 1.165) is 22.3 Å². The monoisotopic (exact) mass is 452 g/mol. The molecule has 0 bridgehead atoms. The number of rotatable bonds is 7. The van der Waals surface area contributed by atoms with Gasteiger partial charge in [0.15, 0.2) is 0 Å². The number of ether oxygens (including phenoxy) is 2. The van der Waals surface area contributed by atoms with Crippen molar-refractivity contribution in [1.82, 2.24) is 10.2 Å². The molecule has 0 aromatic heterocycles. The molecule has 1 saturated heterocycles. The zero-order chi connectivity index (χ0) is 23.4. The minimum absolute atomic E-state index is 0.0305. The van der Waals surface area contributed by atoms with Gasteiger partial charge in [-0.1, -0.05) is 48.5 Å². The molecule has 0 unspecified atom stereocenters. The third-order valence-electron chi connectivity index (χ3n) is 6.35. The van der Waals surface area contributed by atoms with Crippen LogP contribution in [0.4, 0.5) is 4.79 Å². The number of carboxylic acid groups (broad SMARTS) is 1. The molecule has 174 valence electrons. The van der Waals surface area contributed by atoms with E-state index in [0.29, 0.717) is 19.4 Å². The lowest BCUT2D eigenvalue weighted by Crippen LogP contribution is -2.54. The Morgan fingerprint density at radius 2 is 1.73 bits per heavy atom. The zero-order valence-corrected chi connectivity index (χ0v) is 18.5. The SMILES string of the molecule is COC[C@H](NC(=O)OCC1c2ccccc2-c2ccccc21)C(=O)N1CCC[C@H](C(=O)O)C1. The van der Waals surface area contributed by atoms with Gasteiger partial charge < -0.3 is 24.8 Å². The van der Waals surface area contributed by atoms with E-state index in [1.807, 2.05) is 36.4 Å². The molecule has 2 aliphatic rings. The van der Waals surface area contributed by atoms with Gasteiger partial charge in [-0.15, -0.1) is 0 Å². The van der Waals surface area contributed by atoms with Crippen molar-refractivity contribution < 1.29 is 29.0 Å². The average molecular weight is 453 g/mol. The molecule has 0 spiro atoms. The van der Waals surface area contributed by atoms with Gasteiger partial charge in [-0.05, 0) is 35.1 Å². The molecule has 2 aromatic rings. The Bertz CT molecular complexity index is 994. The highest BCUT2D eigenvalue weighted by Crippen LogP contribution is 2.44. The second kappa shape index (κ2) is 10.0. The van der Waals surface area contributed by atoms with Crippen molar-refractivity contribution in [2.45, 2.75) is 24.8 Å². The van der Waals surface area contributed by atoms with Crippen LogP contribution in [-0.2, 0) is 19.1 Å². The first kappa shape index (κ1) is 22.8. The number of piperidine rings is 1. The highest BCUT2D eigenvalue weighted by Gasteiger charge is 2.33. The van der Waals surface area contributed by atoms with Crippen LogP contribution < -0.4 is 5.32 Å². The molecule has 1 fully saturated rings. The fourth-order valence-corrected chi connectivity index (χ4v) is 4.72. The van der Waals surface area contributed by atoms with E-state index in [1.54, 1.807) is 0 Å². The largest absolute Gasteiger partial charge is 0.481 e. The van der Waals surface area contributed by atoms with Gasteiger partial charge in [0.05, 0.1) is 12.5 Å². The number of methoxy groups -OCH3 is 1. The molecule has 2 N–H and O–H groups in total. The molecule has 1 heterocycles. The summed E-state index contributed by atoms with van der Waals surface area (Å²) in [6.45, 7) is 0.686. The molecular formula is C25H28N2O6. The Balaban J connectivity index is 1.40. The Morgan fingerprint density at radius 1 is 1.09 bits per heavy atom. The summed E-state index contributed by atoms with van der Waals surface area (Å²) in [5.74, 6) is -1.96. The van der Waals surface area contributed by atoms with Gasteiger partial charge in [-0.25, -0.2) is 4.79 Å². The summed E-state index contributed by atoms with van der Waals surface area (Å²) in [7, 11) is 1.44. The number of carbonyl (C=O) groups is 3. The fourth-order valence-electron chi connectivity index (χ4n) is 4.72. The molecule has 1 aliphatic carbocycles. The number of aliphatic carboxylic acids is 1. The van der Waals surface area contributed by atoms with E-state index in [-0.39, 0.29) is 31.6 Å². The maximum Gasteiger partial charge on any atom is 0.407 e. The molecular weight excluding hydrogens is 424 g/mol. The third kappa shape index (κ3) is 4.85. The summed E-state index contributed by atoms with van der Waals surface area (Å²) in [5, 5.41) is 11.9.